The fraction of sp³-hybridized carbons (Fsp3) is 0.440. The second-order valence-electron chi connectivity index (χ2n) is 9.86. The molecule has 32 heavy (non-hydrogen) atoms. The summed E-state index contributed by atoms with van der Waals surface area (Å²) in [5, 5.41) is 3.20. The number of anilines is 1. The standard InChI is InChI=1S/C25H27N5O2/c1-16-27-22(30-7-6-26-15-30)11-23(28-16)32-21-4-2-20(3-5-21)29-24(31)25-12-17-8-18(13-25)10-19(9-17)14-25/h2-7,11,15,17-19H,8-10,12-14H2,1H3,(H,29,31). The molecule has 0 spiro atoms. The third-order valence-electron chi connectivity index (χ3n) is 7.42. The van der Waals surface area contributed by atoms with Crippen molar-refractivity contribution in [1.29, 1.82) is 0 Å². The van der Waals surface area contributed by atoms with Crippen molar-refractivity contribution in [3.63, 3.8) is 0 Å². The van der Waals surface area contributed by atoms with Crippen LogP contribution in [0.1, 0.15) is 44.3 Å². The third kappa shape index (κ3) is 3.55. The van der Waals surface area contributed by atoms with Crippen LogP contribution < -0.4 is 10.1 Å². The summed E-state index contributed by atoms with van der Waals surface area (Å²) in [5.41, 5.74) is 0.669. The van der Waals surface area contributed by atoms with Gasteiger partial charge in [0.2, 0.25) is 11.8 Å². The molecule has 7 heteroatoms. The van der Waals surface area contributed by atoms with E-state index in [-0.39, 0.29) is 11.3 Å². The number of aromatic nitrogens is 4. The molecule has 4 aliphatic rings. The lowest BCUT2D eigenvalue weighted by Gasteiger charge is -2.55. The third-order valence-corrected chi connectivity index (χ3v) is 7.42. The van der Waals surface area contributed by atoms with Gasteiger partial charge >= 0.3 is 0 Å². The van der Waals surface area contributed by atoms with Crippen LogP contribution in [0.15, 0.2) is 49.1 Å². The highest BCUT2D eigenvalue weighted by atomic mass is 16.5. The van der Waals surface area contributed by atoms with E-state index in [0.29, 0.717) is 23.3 Å². The average Bonchev–Trinajstić information content (AvgIpc) is 3.29. The second-order valence-corrected chi connectivity index (χ2v) is 9.86. The number of ether oxygens (including phenoxy) is 1. The molecule has 0 aliphatic heterocycles. The number of nitrogens with zero attached hydrogens (tertiary/aromatic N) is 4. The Hall–Kier alpha value is -3.22. The Labute approximate surface area is 187 Å². The summed E-state index contributed by atoms with van der Waals surface area (Å²) in [6.45, 7) is 1.83. The van der Waals surface area contributed by atoms with E-state index in [9.17, 15) is 4.79 Å². The zero-order chi connectivity index (χ0) is 21.7. The summed E-state index contributed by atoms with van der Waals surface area (Å²) in [5.74, 6) is 4.92. The number of amides is 1. The maximum absolute atomic E-state index is 13.3. The SMILES string of the molecule is Cc1nc(Oc2ccc(NC(=O)C34CC5CC(CC(C5)C3)C4)cc2)cc(-n2ccnc2)n1. The van der Waals surface area contributed by atoms with Crippen molar-refractivity contribution < 1.29 is 9.53 Å². The lowest BCUT2D eigenvalue weighted by Crippen LogP contribution is -2.51. The van der Waals surface area contributed by atoms with Crippen LogP contribution in [0, 0.1) is 30.1 Å². The van der Waals surface area contributed by atoms with Crippen molar-refractivity contribution in [2.24, 2.45) is 23.2 Å². The maximum Gasteiger partial charge on any atom is 0.230 e. The molecule has 4 saturated carbocycles. The Kier molecular flexibility index (Phi) is 4.52. The van der Waals surface area contributed by atoms with Crippen LogP contribution in [-0.4, -0.2) is 25.4 Å². The van der Waals surface area contributed by atoms with Gasteiger partial charge in [-0.05, 0) is 87.5 Å². The van der Waals surface area contributed by atoms with Crippen LogP contribution in [0.3, 0.4) is 0 Å². The molecule has 1 N–H and O–H groups in total. The first-order valence-corrected chi connectivity index (χ1v) is 11.5. The summed E-state index contributed by atoms with van der Waals surface area (Å²) < 4.78 is 7.77. The predicted molar refractivity (Wildman–Crippen MR) is 120 cm³/mol. The van der Waals surface area contributed by atoms with Crippen LogP contribution in [-0.2, 0) is 4.79 Å². The number of aryl methyl sites for hydroxylation is 1. The largest absolute Gasteiger partial charge is 0.439 e. The molecule has 0 radical (unpaired) electrons. The number of rotatable bonds is 5. The monoisotopic (exact) mass is 429 g/mol. The molecule has 4 fully saturated rings. The van der Waals surface area contributed by atoms with Gasteiger partial charge in [0.25, 0.3) is 0 Å². The summed E-state index contributed by atoms with van der Waals surface area (Å²) in [6, 6.07) is 9.31. The molecule has 0 saturated heterocycles. The van der Waals surface area contributed by atoms with Gasteiger partial charge in [0, 0.05) is 24.1 Å². The van der Waals surface area contributed by atoms with Gasteiger partial charge in [0.1, 0.15) is 23.7 Å². The molecule has 4 bridgehead atoms. The lowest BCUT2D eigenvalue weighted by molar-refractivity contribution is -0.140. The van der Waals surface area contributed by atoms with Gasteiger partial charge in [0.15, 0.2) is 0 Å². The molecule has 1 amide bonds. The number of carbonyl (C=O) groups is 1. The van der Waals surface area contributed by atoms with Crippen LogP contribution in [0.2, 0.25) is 0 Å². The van der Waals surface area contributed by atoms with Crippen molar-refractivity contribution in [3.8, 4) is 17.4 Å². The first-order valence-electron chi connectivity index (χ1n) is 11.5. The Morgan fingerprint density at radius 2 is 1.75 bits per heavy atom. The fourth-order valence-electron chi connectivity index (χ4n) is 6.48. The van der Waals surface area contributed by atoms with Gasteiger partial charge in [-0.3, -0.25) is 9.36 Å². The van der Waals surface area contributed by atoms with Crippen molar-refractivity contribution in [2.45, 2.75) is 45.4 Å². The normalized spacial score (nSPS) is 28.0. The summed E-state index contributed by atoms with van der Waals surface area (Å²) in [7, 11) is 0. The lowest BCUT2D eigenvalue weighted by atomic mass is 9.49. The summed E-state index contributed by atoms with van der Waals surface area (Å²) >= 11 is 0. The van der Waals surface area contributed by atoms with Crippen molar-refractivity contribution in [3.05, 3.63) is 54.9 Å². The van der Waals surface area contributed by atoms with Crippen LogP contribution >= 0.6 is 0 Å². The number of hydrogen-bond donors (Lipinski definition) is 1. The van der Waals surface area contributed by atoms with E-state index < -0.39 is 0 Å². The van der Waals surface area contributed by atoms with Crippen molar-refractivity contribution >= 4 is 11.6 Å². The highest BCUT2D eigenvalue weighted by molar-refractivity contribution is 5.95. The number of nitrogens with one attached hydrogen (secondary N) is 1. The fourth-order valence-corrected chi connectivity index (χ4v) is 6.48. The van der Waals surface area contributed by atoms with Crippen LogP contribution in [0.5, 0.6) is 11.6 Å². The van der Waals surface area contributed by atoms with Crippen molar-refractivity contribution in [1.82, 2.24) is 19.5 Å². The van der Waals surface area contributed by atoms with Gasteiger partial charge in [-0.1, -0.05) is 0 Å². The molecule has 7 rings (SSSR count). The summed E-state index contributed by atoms with van der Waals surface area (Å²) in [6.07, 6.45) is 12.4. The molecular formula is C25H27N5O2. The van der Waals surface area contributed by atoms with Gasteiger partial charge in [-0.25, -0.2) is 9.97 Å². The van der Waals surface area contributed by atoms with E-state index in [1.165, 1.54) is 19.3 Å². The Morgan fingerprint density at radius 3 is 2.38 bits per heavy atom. The molecular weight excluding hydrogens is 402 g/mol. The average molecular weight is 430 g/mol. The minimum Gasteiger partial charge on any atom is -0.439 e. The Morgan fingerprint density at radius 1 is 1.06 bits per heavy atom. The first kappa shape index (κ1) is 19.5. The van der Waals surface area contributed by atoms with Gasteiger partial charge in [-0.15, -0.1) is 0 Å². The molecule has 0 atom stereocenters. The molecule has 164 valence electrons. The highest BCUT2D eigenvalue weighted by Gasteiger charge is 2.54. The van der Waals surface area contributed by atoms with Gasteiger partial charge in [-0.2, -0.15) is 4.98 Å². The predicted octanol–water partition coefficient (Wildman–Crippen LogP) is 4.92. The minimum atomic E-state index is -0.147. The number of hydrogen-bond acceptors (Lipinski definition) is 5. The maximum atomic E-state index is 13.3. The van der Waals surface area contributed by atoms with E-state index in [1.807, 2.05) is 42.0 Å². The van der Waals surface area contributed by atoms with E-state index in [4.69, 9.17) is 4.74 Å². The molecule has 1 aromatic carbocycles. The highest BCUT2D eigenvalue weighted by Crippen LogP contribution is 2.60. The van der Waals surface area contributed by atoms with E-state index in [2.05, 4.69) is 20.3 Å². The van der Waals surface area contributed by atoms with Gasteiger partial charge < -0.3 is 10.1 Å². The summed E-state index contributed by atoms with van der Waals surface area (Å²) in [4.78, 5) is 26.1. The Balaban J connectivity index is 1.15. The number of imidazole rings is 1. The zero-order valence-electron chi connectivity index (χ0n) is 18.2. The van der Waals surface area contributed by atoms with Gasteiger partial charge in [0.05, 0.1) is 5.41 Å². The number of carbonyl (C=O) groups excluding carboxylic acids is 1. The molecule has 3 aromatic rings. The molecule has 2 aromatic heterocycles. The molecule has 0 unspecified atom stereocenters. The van der Waals surface area contributed by atoms with Crippen molar-refractivity contribution in [2.75, 3.05) is 5.32 Å². The molecule has 7 nitrogen and oxygen atoms in total. The number of benzene rings is 1. The second kappa shape index (κ2) is 7.43. The molecule has 4 aliphatic carbocycles. The minimum absolute atomic E-state index is 0.147. The van der Waals surface area contributed by atoms with E-state index in [1.54, 1.807) is 18.6 Å². The topological polar surface area (TPSA) is 81.9 Å². The Bertz CT molecular complexity index is 1100. The van der Waals surface area contributed by atoms with Crippen LogP contribution in [0.4, 0.5) is 5.69 Å². The van der Waals surface area contributed by atoms with E-state index >= 15 is 0 Å². The van der Waals surface area contributed by atoms with Crippen LogP contribution in [0.25, 0.3) is 5.82 Å². The van der Waals surface area contributed by atoms with E-state index in [0.717, 1.165) is 42.7 Å². The first-order chi connectivity index (χ1) is 15.5. The smallest absolute Gasteiger partial charge is 0.230 e. The zero-order valence-corrected chi connectivity index (χ0v) is 18.2. The molecule has 2 heterocycles. The quantitative estimate of drug-likeness (QED) is 0.623.